The molecule has 7 N–H and O–H groups in total. The molecule has 484 valence electrons. The van der Waals surface area contributed by atoms with E-state index in [-0.39, 0.29) is 52.9 Å². The average molecular weight is 1310 g/mol. The van der Waals surface area contributed by atoms with Crippen LogP contribution in [0.15, 0.2) is 140 Å². The molecule has 0 amide bonds. The predicted octanol–water partition coefficient (Wildman–Crippen LogP) is 8.75. The van der Waals surface area contributed by atoms with Crippen LogP contribution in [0.3, 0.4) is 0 Å². The van der Waals surface area contributed by atoms with Crippen LogP contribution in [-0.2, 0) is 17.6 Å². The summed E-state index contributed by atoms with van der Waals surface area (Å²) in [6, 6.07) is 27.0. The quantitative estimate of drug-likeness (QED) is 0.0206. The zero-order valence-electron chi connectivity index (χ0n) is 53.2. The number of carbonyl (C=O) groups excluding carboxylic acids is 2. The van der Waals surface area contributed by atoms with Gasteiger partial charge in [-0.15, -0.1) is 0 Å². The summed E-state index contributed by atoms with van der Waals surface area (Å²) in [5.74, 6) is 0.493. The number of carboxylic acids is 1. The van der Waals surface area contributed by atoms with Gasteiger partial charge in [-0.05, 0) is 159 Å². The van der Waals surface area contributed by atoms with Gasteiger partial charge in [0.15, 0.2) is 18.3 Å². The second kappa shape index (κ2) is 38.2. The fourth-order valence-electron chi connectivity index (χ4n) is 8.19. The summed E-state index contributed by atoms with van der Waals surface area (Å²) in [5.41, 5.74) is 18.1. The van der Waals surface area contributed by atoms with E-state index in [1.54, 1.807) is 83.9 Å². The maximum atomic E-state index is 13.7. The van der Waals surface area contributed by atoms with Crippen molar-refractivity contribution in [3.8, 4) is 45.5 Å². The number of phenols is 4. The molecule has 0 aliphatic rings. The maximum Gasteiger partial charge on any atom is 1.00 e. The van der Waals surface area contributed by atoms with Crippen molar-refractivity contribution in [3.05, 3.63) is 233 Å². The normalized spacial score (nSPS) is 10.3. The number of carbonyl (C=O) groups is 2. The second-order valence-electron chi connectivity index (χ2n) is 21.0. The fourth-order valence-corrected chi connectivity index (χ4v) is 8.42. The summed E-state index contributed by atoms with van der Waals surface area (Å²) >= 11 is 6.22. The van der Waals surface area contributed by atoms with Crippen molar-refractivity contribution in [2.24, 2.45) is 5.73 Å². The number of fused-ring (bicyclic) bond motifs is 2. The molecule has 0 bridgehead atoms. The number of aryl methyl sites for hydroxylation is 4. The number of aliphatic carboxylic acids is 1. The van der Waals surface area contributed by atoms with Crippen LogP contribution in [0.1, 0.15) is 107 Å². The zero-order valence-corrected chi connectivity index (χ0v) is 56.0. The molecule has 0 atom stereocenters. The third kappa shape index (κ3) is 25.4. The fraction of sp³-hybridized carbons (Fsp3) is 0.242. The molecule has 0 unspecified atom stereocenters. The summed E-state index contributed by atoms with van der Waals surface area (Å²) in [7, 11) is 0.889. The van der Waals surface area contributed by atoms with Gasteiger partial charge in [-0.3, -0.25) is 35.0 Å². The van der Waals surface area contributed by atoms with Gasteiger partial charge in [0.25, 0.3) is 0 Å². The number of phenolic OH excluding ortho intramolecular Hbond substituents is 4. The predicted molar refractivity (Wildman–Crippen MR) is 347 cm³/mol. The number of aldehydes is 1. The third-order valence-electron chi connectivity index (χ3n) is 12.8. The van der Waals surface area contributed by atoms with Gasteiger partial charge in [0, 0.05) is 75.9 Å². The number of anilines is 1. The number of pyridine rings is 2. The Morgan fingerprint density at radius 1 is 0.645 bits per heavy atom. The molecule has 0 aliphatic carbocycles. The molecule has 6 heterocycles. The van der Waals surface area contributed by atoms with Crippen molar-refractivity contribution in [3.63, 3.8) is 0 Å². The first-order valence-electron chi connectivity index (χ1n) is 28.3. The molecule has 6 aromatic heterocycles. The van der Waals surface area contributed by atoms with E-state index in [0.717, 1.165) is 90.3 Å². The topological polar surface area (TPSA) is 349 Å². The van der Waals surface area contributed by atoms with Crippen LogP contribution in [0, 0.1) is 59.6 Å². The Morgan fingerprint density at radius 3 is 1.47 bits per heavy atom. The van der Waals surface area contributed by atoms with E-state index in [1.165, 1.54) is 42.1 Å². The molecule has 10 aromatic rings. The number of halogens is 3. The number of aromatic hydroxyl groups is 4. The van der Waals surface area contributed by atoms with Crippen LogP contribution in [-0.4, -0.2) is 102 Å². The SMILES string of the molecule is CC(=O)[O-].CC(C)c1cnn2c(Cl)cc(-c3cncc(F)c3)nc12.C[N+](=O)[O-].Cc1cc(/C=C/[N+](=O)[O-])ccc1O.Cc1cc(C=O)ccc1O.Cc1cc(CCN)ccc1O.Cc1cc(CCNc2cc(-c3cncc(F)c3)nc3c(C(C)C)cnn23)ccc1O.[Na+]. The van der Waals surface area contributed by atoms with E-state index in [1.807, 2.05) is 50.4 Å². The molecule has 0 saturated carbocycles. The van der Waals surface area contributed by atoms with Crippen molar-refractivity contribution >= 4 is 47.0 Å². The Kier molecular flexibility index (Phi) is 31.8. The number of benzene rings is 4. The van der Waals surface area contributed by atoms with Crippen molar-refractivity contribution in [2.75, 3.05) is 25.5 Å². The van der Waals surface area contributed by atoms with E-state index >= 15 is 0 Å². The molecule has 27 heteroatoms. The maximum absolute atomic E-state index is 13.7. The van der Waals surface area contributed by atoms with E-state index in [9.17, 15) is 33.9 Å². The molecule has 93 heavy (non-hydrogen) atoms. The molecule has 4 aromatic carbocycles. The Balaban J connectivity index is 0.000000311. The molecule has 0 aliphatic heterocycles. The largest absolute Gasteiger partial charge is 1.00 e. The smallest absolute Gasteiger partial charge is 0.550 e. The number of hydrogen-bond donors (Lipinski definition) is 6. The molecule has 0 radical (unpaired) electrons. The average Bonchev–Trinajstić information content (AvgIpc) is 1.69. The summed E-state index contributed by atoms with van der Waals surface area (Å²) in [5, 5.41) is 77.4. The number of nitro groups is 2. The van der Waals surface area contributed by atoms with Crippen LogP contribution in [0.25, 0.3) is 39.9 Å². The van der Waals surface area contributed by atoms with Crippen LogP contribution in [0.2, 0.25) is 5.15 Å². The van der Waals surface area contributed by atoms with Gasteiger partial charge < -0.3 is 41.4 Å². The second-order valence-corrected chi connectivity index (χ2v) is 21.3. The number of aromatic nitrogens is 8. The van der Waals surface area contributed by atoms with Crippen molar-refractivity contribution < 1.29 is 83.3 Å². The van der Waals surface area contributed by atoms with Gasteiger partial charge >= 0.3 is 29.6 Å². The monoisotopic (exact) mass is 1300 g/mol. The number of nitrogens with one attached hydrogen (secondary N) is 1. The number of nitrogens with two attached hydrogens (primary N) is 1. The van der Waals surface area contributed by atoms with Gasteiger partial charge in [0.05, 0.1) is 41.1 Å². The Bertz CT molecular complexity index is 4150. The minimum Gasteiger partial charge on any atom is -0.550 e. The standard InChI is InChI=1S/C23H24FN5O.C14H12ClFN4.C9H9NO3.C9H13NO.C8H8O2.C2H4O2.CH3NO2.Na/c1-14(2)19-13-27-29-22(26-7-6-16-4-5-21(30)15(3)8-16)10-20(28-23(19)29)17-9-18(24)12-25-11-17;1-8(2)11-7-18-20-13(15)4-12(19-14(11)20)9-3-10(16)6-17-5-9;1-7-6-8(2-3-9(7)11)4-5-10(12)13;1-7-6-8(4-5-10)2-3-9(7)11;1-6-4-7(5-9)2-3-8(6)10;2*1-2(3)4;/h4-5,8-14,26,30H,6-7H2,1-3H3;3-8H,1-2H3;2-6,11H,1H3;2-3,6,11H,4-5,10H2,1H3;2-5,10H,1H3;1H3,(H,3,4);1H3;/q;;;;;;;+1/p-1/b;;5-4+;;;;;. The molecule has 10 rings (SSSR count). The summed E-state index contributed by atoms with van der Waals surface area (Å²) < 4.78 is 30.4. The summed E-state index contributed by atoms with van der Waals surface area (Å²) in [6.45, 7) is 17.9. The summed E-state index contributed by atoms with van der Waals surface area (Å²) in [6.07, 6.45) is 13.7. The van der Waals surface area contributed by atoms with Crippen molar-refractivity contribution in [1.82, 2.24) is 39.2 Å². The van der Waals surface area contributed by atoms with Gasteiger partial charge in [0.1, 0.15) is 51.9 Å². The molecule has 0 spiro atoms. The Morgan fingerprint density at radius 2 is 1.05 bits per heavy atom. The molecule has 0 fully saturated rings. The molecule has 23 nitrogen and oxygen atoms in total. The molecular weight excluding hydrogens is 1230 g/mol. The van der Waals surface area contributed by atoms with Crippen LogP contribution >= 0.6 is 11.6 Å². The molecular formula is C66H72ClF2N12NaO11. The number of rotatable bonds is 13. The van der Waals surface area contributed by atoms with E-state index in [2.05, 4.69) is 58.2 Å². The van der Waals surface area contributed by atoms with Gasteiger partial charge in [-0.2, -0.15) is 14.7 Å². The minimum atomic E-state index is -1.08. The van der Waals surface area contributed by atoms with Crippen molar-refractivity contribution in [1.29, 1.82) is 0 Å². The van der Waals surface area contributed by atoms with E-state index in [0.29, 0.717) is 74.6 Å². The first-order valence-corrected chi connectivity index (χ1v) is 28.7. The summed E-state index contributed by atoms with van der Waals surface area (Å²) in [4.78, 5) is 53.9. The third-order valence-corrected chi connectivity index (χ3v) is 13.1. The van der Waals surface area contributed by atoms with Crippen molar-refractivity contribution in [2.45, 2.75) is 87.0 Å². The first kappa shape index (κ1) is 77.5. The van der Waals surface area contributed by atoms with Gasteiger partial charge in [-0.25, -0.2) is 23.3 Å². The van der Waals surface area contributed by atoms with Crippen LogP contribution in [0.5, 0.6) is 23.0 Å². The molecule has 0 saturated heterocycles. The first-order chi connectivity index (χ1) is 43.5. The zero-order chi connectivity index (χ0) is 68.4. The number of nitrogens with zero attached hydrogens (tertiary/aromatic N) is 10. The Labute approximate surface area is 563 Å². The van der Waals surface area contributed by atoms with Crippen LogP contribution in [0.4, 0.5) is 14.6 Å². The van der Waals surface area contributed by atoms with Crippen LogP contribution < -0.4 is 45.7 Å². The minimum absolute atomic E-state index is 0. The Hall–Kier alpha value is -9.79. The van der Waals surface area contributed by atoms with E-state index in [4.69, 9.17) is 52.5 Å². The number of carboxylic acid groups (broad SMARTS) is 1. The van der Waals surface area contributed by atoms with E-state index < -0.39 is 27.5 Å². The van der Waals surface area contributed by atoms with Gasteiger partial charge in [-0.1, -0.05) is 69.6 Å². The van der Waals surface area contributed by atoms with Gasteiger partial charge in [0.2, 0.25) is 6.20 Å². The number of hydrogen-bond acceptors (Lipinski definition) is 19.